The summed E-state index contributed by atoms with van der Waals surface area (Å²) in [6.45, 7) is 3.92. The number of sulfone groups is 1. The van der Waals surface area contributed by atoms with Crippen molar-refractivity contribution in [3.05, 3.63) is 0 Å². The molecule has 1 saturated heterocycles. The van der Waals surface area contributed by atoms with Gasteiger partial charge in [-0.15, -0.1) is 0 Å². The van der Waals surface area contributed by atoms with Crippen LogP contribution in [0.4, 0.5) is 0 Å². The van der Waals surface area contributed by atoms with Gasteiger partial charge in [0.1, 0.15) is 0 Å². The number of hydrogen-bond acceptors (Lipinski definition) is 4. The average Bonchev–Trinajstić information content (AvgIpc) is 2.41. The summed E-state index contributed by atoms with van der Waals surface area (Å²) in [5.41, 5.74) is 5.30. The molecule has 1 rings (SSSR count). The molecule has 1 atom stereocenters. The molecule has 0 aromatic carbocycles. The molecule has 1 heterocycles. The van der Waals surface area contributed by atoms with Gasteiger partial charge in [-0.3, -0.25) is 10.2 Å². The Morgan fingerprint density at radius 1 is 1.47 bits per heavy atom. The van der Waals surface area contributed by atoms with Crippen LogP contribution in [0.3, 0.4) is 0 Å². The number of carbonyl (C=O) groups is 1. The van der Waals surface area contributed by atoms with Crippen LogP contribution in [-0.2, 0) is 14.6 Å². The molecule has 1 amide bonds. The number of hydrazine groups is 1. The summed E-state index contributed by atoms with van der Waals surface area (Å²) in [4.78, 5) is 11.2. The van der Waals surface area contributed by atoms with Crippen molar-refractivity contribution in [3.8, 4) is 0 Å². The molecule has 0 bridgehead atoms. The van der Waals surface area contributed by atoms with E-state index in [0.29, 0.717) is 18.8 Å². The molecule has 0 aliphatic carbocycles. The molecule has 88 valence electrons. The van der Waals surface area contributed by atoms with Crippen molar-refractivity contribution in [2.75, 3.05) is 11.5 Å². The maximum Gasteiger partial charge on any atom is 0.234 e. The van der Waals surface area contributed by atoms with Gasteiger partial charge in [-0.25, -0.2) is 13.8 Å². The minimum absolute atomic E-state index is 0.0886. The number of nitrogens with one attached hydrogen (secondary N) is 2. The maximum atomic E-state index is 11.2. The molecule has 1 unspecified atom stereocenters. The van der Waals surface area contributed by atoms with Crippen molar-refractivity contribution in [2.45, 2.75) is 32.7 Å². The third-order valence-electron chi connectivity index (χ3n) is 2.24. The lowest BCUT2D eigenvalue weighted by atomic mass is 10.1. The van der Waals surface area contributed by atoms with E-state index in [1.54, 1.807) is 0 Å². The Hall–Kier alpha value is -0.620. The number of hydrogen-bond donors (Lipinski definition) is 2. The van der Waals surface area contributed by atoms with E-state index in [1.165, 1.54) is 0 Å². The van der Waals surface area contributed by atoms with E-state index in [2.05, 4.69) is 10.9 Å². The fourth-order valence-corrected chi connectivity index (χ4v) is 3.19. The van der Waals surface area contributed by atoms with E-state index < -0.39 is 9.84 Å². The molecule has 0 radical (unpaired) electrons. The quantitative estimate of drug-likeness (QED) is 0.663. The zero-order valence-corrected chi connectivity index (χ0v) is 9.93. The average molecular weight is 234 g/mol. The van der Waals surface area contributed by atoms with Gasteiger partial charge in [-0.05, 0) is 12.3 Å². The smallest absolute Gasteiger partial charge is 0.234 e. The maximum absolute atomic E-state index is 11.2. The zero-order valence-electron chi connectivity index (χ0n) is 9.12. The summed E-state index contributed by atoms with van der Waals surface area (Å²) in [5, 5.41) is 0. The van der Waals surface area contributed by atoms with E-state index in [1.807, 2.05) is 13.8 Å². The van der Waals surface area contributed by atoms with Crippen LogP contribution in [-0.4, -0.2) is 31.9 Å². The second-order valence-corrected chi connectivity index (χ2v) is 6.62. The second kappa shape index (κ2) is 4.94. The van der Waals surface area contributed by atoms with Crippen LogP contribution in [0.15, 0.2) is 0 Å². The third-order valence-corrected chi connectivity index (χ3v) is 4.01. The topological polar surface area (TPSA) is 75.3 Å². The predicted octanol–water partition coefficient (Wildman–Crippen LogP) is -0.160. The van der Waals surface area contributed by atoms with E-state index >= 15 is 0 Å². The normalized spacial score (nSPS) is 24.3. The number of carbonyl (C=O) groups excluding carboxylic acids is 1. The van der Waals surface area contributed by atoms with Crippen LogP contribution in [0.2, 0.25) is 0 Å². The first-order valence-corrected chi connectivity index (χ1v) is 6.96. The summed E-state index contributed by atoms with van der Waals surface area (Å²) in [7, 11) is -2.88. The van der Waals surface area contributed by atoms with Crippen LogP contribution in [0.5, 0.6) is 0 Å². The summed E-state index contributed by atoms with van der Waals surface area (Å²) < 4.78 is 22.2. The van der Waals surface area contributed by atoms with Gasteiger partial charge in [0.05, 0.1) is 11.5 Å². The minimum Gasteiger partial charge on any atom is -0.291 e. The molecule has 0 aromatic rings. The van der Waals surface area contributed by atoms with E-state index in [-0.39, 0.29) is 23.5 Å². The molecular formula is C9H18N2O3S. The van der Waals surface area contributed by atoms with E-state index in [4.69, 9.17) is 0 Å². The Kier molecular flexibility index (Phi) is 4.10. The van der Waals surface area contributed by atoms with Crippen molar-refractivity contribution in [1.82, 2.24) is 10.9 Å². The van der Waals surface area contributed by atoms with Gasteiger partial charge < -0.3 is 0 Å². The highest BCUT2D eigenvalue weighted by molar-refractivity contribution is 7.91. The highest BCUT2D eigenvalue weighted by Gasteiger charge is 2.27. The van der Waals surface area contributed by atoms with Crippen LogP contribution >= 0.6 is 0 Å². The third kappa shape index (κ3) is 4.61. The van der Waals surface area contributed by atoms with Crippen molar-refractivity contribution in [3.63, 3.8) is 0 Å². The summed E-state index contributed by atoms with van der Waals surface area (Å²) in [5.74, 6) is 0.549. The summed E-state index contributed by atoms with van der Waals surface area (Å²) in [6.07, 6.45) is 1.02. The molecule has 0 saturated carbocycles. The fraction of sp³-hybridized carbons (Fsp3) is 0.889. The molecule has 2 N–H and O–H groups in total. The van der Waals surface area contributed by atoms with Crippen molar-refractivity contribution in [2.24, 2.45) is 5.92 Å². The monoisotopic (exact) mass is 234 g/mol. The Morgan fingerprint density at radius 2 is 2.13 bits per heavy atom. The first kappa shape index (κ1) is 12.4. The zero-order chi connectivity index (χ0) is 11.5. The molecular weight excluding hydrogens is 216 g/mol. The van der Waals surface area contributed by atoms with Gasteiger partial charge in [0.25, 0.3) is 0 Å². The number of amides is 1. The van der Waals surface area contributed by atoms with Crippen LogP contribution < -0.4 is 10.9 Å². The molecule has 1 aliphatic heterocycles. The number of rotatable bonds is 4. The highest BCUT2D eigenvalue weighted by atomic mass is 32.2. The van der Waals surface area contributed by atoms with Crippen LogP contribution in [0.25, 0.3) is 0 Å². The first-order valence-electron chi connectivity index (χ1n) is 5.14. The first-order chi connectivity index (χ1) is 6.89. The highest BCUT2D eigenvalue weighted by Crippen LogP contribution is 2.10. The standard InChI is InChI=1S/C9H18N2O3S/c1-7(2)5-9(12)11-10-8-3-4-15(13,14)6-8/h7-8,10H,3-6H2,1-2H3,(H,11,12). The van der Waals surface area contributed by atoms with Crippen molar-refractivity contribution in [1.29, 1.82) is 0 Å². The Labute approximate surface area is 90.5 Å². The molecule has 15 heavy (non-hydrogen) atoms. The fourth-order valence-electron chi connectivity index (χ4n) is 1.51. The Morgan fingerprint density at radius 3 is 2.60 bits per heavy atom. The SMILES string of the molecule is CC(C)CC(=O)NNC1CCS(=O)(=O)C1. The second-order valence-electron chi connectivity index (χ2n) is 4.39. The van der Waals surface area contributed by atoms with Gasteiger partial charge in [-0.1, -0.05) is 13.8 Å². The molecule has 6 heteroatoms. The van der Waals surface area contributed by atoms with Gasteiger partial charge in [0.15, 0.2) is 9.84 Å². The Balaban J connectivity index is 2.24. The van der Waals surface area contributed by atoms with Crippen molar-refractivity contribution < 1.29 is 13.2 Å². The summed E-state index contributed by atoms with van der Waals surface area (Å²) >= 11 is 0. The predicted molar refractivity (Wildman–Crippen MR) is 57.8 cm³/mol. The van der Waals surface area contributed by atoms with Gasteiger partial charge in [-0.2, -0.15) is 0 Å². The lowest BCUT2D eigenvalue weighted by Gasteiger charge is -2.12. The summed E-state index contributed by atoms with van der Waals surface area (Å²) in [6, 6.07) is -0.133. The molecule has 1 aliphatic rings. The lowest BCUT2D eigenvalue weighted by Crippen LogP contribution is -2.45. The lowest BCUT2D eigenvalue weighted by molar-refractivity contribution is -0.122. The van der Waals surface area contributed by atoms with Crippen LogP contribution in [0, 0.1) is 5.92 Å². The molecule has 5 nitrogen and oxygen atoms in total. The molecule has 0 aromatic heterocycles. The van der Waals surface area contributed by atoms with E-state index in [0.717, 1.165) is 0 Å². The van der Waals surface area contributed by atoms with Gasteiger partial charge in [0, 0.05) is 12.5 Å². The van der Waals surface area contributed by atoms with Gasteiger partial charge >= 0.3 is 0 Å². The molecule has 1 fully saturated rings. The van der Waals surface area contributed by atoms with Crippen molar-refractivity contribution >= 4 is 15.7 Å². The van der Waals surface area contributed by atoms with Gasteiger partial charge in [0.2, 0.25) is 5.91 Å². The minimum atomic E-state index is -2.88. The molecule has 0 spiro atoms. The van der Waals surface area contributed by atoms with Crippen LogP contribution in [0.1, 0.15) is 26.7 Å². The Bertz CT molecular complexity index is 324. The largest absolute Gasteiger partial charge is 0.291 e. The van der Waals surface area contributed by atoms with E-state index in [9.17, 15) is 13.2 Å².